The number of sulfonamides is 1. The van der Waals surface area contributed by atoms with Crippen LogP contribution in [-0.2, 0) is 16.6 Å². The second kappa shape index (κ2) is 7.78. The van der Waals surface area contributed by atoms with E-state index in [1.54, 1.807) is 0 Å². The molecular formula is C13H21ClF3N5O2S. The topological polar surface area (TPSA) is 70.5 Å². The SMILES string of the molecule is Cl.O=S(=O)(c1cnn(CC(F)(F)F)c1)N1CCC(N2CCNCC2)C1. The normalized spacial score (nSPS) is 23.6. The van der Waals surface area contributed by atoms with Crippen LogP contribution >= 0.6 is 12.4 Å². The maximum Gasteiger partial charge on any atom is 0.408 e. The number of hydrogen-bond donors (Lipinski definition) is 1. The van der Waals surface area contributed by atoms with Gasteiger partial charge in [-0.2, -0.15) is 22.6 Å². The summed E-state index contributed by atoms with van der Waals surface area (Å²) in [7, 11) is -3.80. The highest BCUT2D eigenvalue weighted by Crippen LogP contribution is 2.24. The lowest BCUT2D eigenvalue weighted by atomic mass is 10.2. The second-order valence-corrected chi connectivity index (χ2v) is 8.02. The molecule has 2 fully saturated rings. The van der Waals surface area contributed by atoms with Crippen molar-refractivity contribution in [1.82, 2.24) is 24.3 Å². The minimum atomic E-state index is -4.44. The first-order valence-electron chi connectivity index (χ1n) is 7.80. The van der Waals surface area contributed by atoms with Crippen LogP contribution in [0.25, 0.3) is 0 Å². The largest absolute Gasteiger partial charge is 0.408 e. The highest BCUT2D eigenvalue weighted by Gasteiger charge is 2.36. The van der Waals surface area contributed by atoms with Crippen LogP contribution < -0.4 is 5.32 Å². The van der Waals surface area contributed by atoms with Crippen LogP contribution in [-0.4, -0.2) is 78.9 Å². The number of piperazine rings is 1. The second-order valence-electron chi connectivity index (χ2n) is 6.08. The Labute approximate surface area is 150 Å². The third-order valence-electron chi connectivity index (χ3n) is 4.38. The van der Waals surface area contributed by atoms with Gasteiger partial charge in [0.05, 0.1) is 6.20 Å². The third-order valence-corrected chi connectivity index (χ3v) is 6.20. The number of alkyl halides is 3. The molecule has 1 atom stereocenters. The molecule has 3 heterocycles. The highest BCUT2D eigenvalue weighted by molar-refractivity contribution is 7.89. The summed E-state index contributed by atoms with van der Waals surface area (Å²) in [5.74, 6) is 0. The average Bonchev–Trinajstić information content (AvgIpc) is 3.16. The lowest BCUT2D eigenvalue weighted by Crippen LogP contribution is -2.49. The van der Waals surface area contributed by atoms with E-state index in [1.807, 2.05) is 0 Å². The maximum absolute atomic E-state index is 12.6. The number of nitrogens with zero attached hydrogens (tertiary/aromatic N) is 4. The molecule has 0 saturated carbocycles. The first-order valence-corrected chi connectivity index (χ1v) is 9.24. The van der Waals surface area contributed by atoms with Gasteiger partial charge in [0, 0.05) is 51.5 Å². The van der Waals surface area contributed by atoms with Crippen LogP contribution in [0.2, 0.25) is 0 Å². The molecule has 3 rings (SSSR count). The maximum atomic E-state index is 12.6. The zero-order valence-electron chi connectivity index (χ0n) is 13.4. The van der Waals surface area contributed by atoms with Gasteiger partial charge in [0.1, 0.15) is 11.4 Å². The zero-order valence-corrected chi connectivity index (χ0v) is 15.1. The van der Waals surface area contributed by atoms with Gasteiger partial charge in [0.25, 0.3) is 0 Å². The molecule has 7 nitrogen and oxygen atoms in total. The molecule has 0 spiro atoms. The van der Waals surface area contributed by atoms with E-state index in [0.29, 0.717) is 17.8 Å². The first-order chi connectivity index (χ1) is 11.3. The van der Waals surface area contributed by atoms with Crippen molar-refractivity contribution in [3.8, 4) is 0 Å². The smallest absolute Gasteiger partial charge is 0.314 e. The van der Waals surface area contributed by atoms with Gasteiger partial charge in [-0.25, -0.2) is 8.42 Å². The minimum Gasteiger partial charge on any atom is -0.314 e. The van der Waals surface area contributed by atoms with Gasteiger partial charge in [-0.3, -0.25) is 9.58 Å². The Kier molecular flexibility index (Phi) is 6.36. The van der Waals surface area contributed by atoms with Crippen molar-refractivity contribution in [1.29, 1.82) is 0 Å². The molecule has 0 aliphatic carbocycles. The fourth-order valence-electron chi connectivity index (χ4n) is 3.17. The van der Waals surface area contributed by atoms with Crippen molar-refractivity contribution in [2.45, 2.75) is 30.1 Å². The predicted molar refractivity (Wildman–Crippen MR) is 87.1 cm³/mol. The number of nitrogens with one attached hydrogen (secondary N) is 1. The highest BCUT2D eigenvalue weighted by atomic mass is 35.5. The lowest BCUT2D eigenvalue weighted by molar-refractivity contribution is -0.142. The number of rotatable bonds is 4. The number of halogens is 4. The van der Waals surface area contributed by atoms with E-state index in [0.717, 1.165) is 45.0 Å². The van der Waals surface area contributed by atoms with Crippen molar-refractivity contribution >= 4 is 22.4 Å². The minimum absolute atomic E-state index is 0. The number of hydrogen-bond acceptors (Lipinski definition) is 5. The molecule has 144 valence electrons. The van der Waals surface area contributed by atoms with Gasteiger partial charge in [0.15, 0.2) is 0 Å². The van der Waals surface area contributed by atoms with Crippen molar-refractivity contribution in [3.05, 3.63) is 12.4 Å². The van der Waals surface area contributed by atoms with Crippen molar-refractivity contribution in [2.24, 2.45) is 0 Å². The van der Waals surface area contributed by atoms with Gasteiger partial charge >= 0.3 is 6.18 Å². The van der Waals surface area contributed by atoms with E-state index in [-0.39, 0.29) is 23.3 Å². The quantitative estimate of drug-likeness (QED) is 0.794. The Morgan fingerprint density at radius 2 is 1.92 bits per heavy atom. The molecule has 25 heavy (non-hydrogen) atoms. The summed E-state index contributed by atoms with van der Waals surface area (Å²) in [5, 5.41) is 6.77. The molecule has 0 bridgehead atoms. The van der Waals surface area contributed by atoms with Gasteiger partial charge in [-0.1, -0.05) is 0 Å². The molecule has 0 radical (unpaired) electrons. The molecule has 2 aliphatic heterocycles. The van der Waals surface area contributed by atoms with Crippen LogP contribution in [0.15, 0.2) is 17.3 Å². The van der Waals surface area contributed by atoms with Crippen molar-refractivity contribution < 1.29 is 21.6 Å². The van der Waals surface area contributed by atoms with Gasteiger partial charge < -0.3 is 5.32 Å². The van der Waals surface area contributed by atoms with Crippen molar-refractivity contribution in [3.63, 3.8) is 0 Å². The Hall–Kier alpha value is -0.880. The fourth-order valence-corrected chi connectivity index (χ4v) is 4.62. The molecular weight excluding hydrogens is 383 g/mol. The summed E-state index contributed by atoms with van der Waals surface area (Å²) < 4.78 is 64.3. The number of aromatic nitrogens is 2. The summed E-state index contributed by atoms with van der Waals surface area (Å²) in [6.45, 7) is 2.96. The van der Waals surface area contributed by atoms with E-state index < -0.39 is 22.7 Å². The molecule has 1 aromatic heterocycles. The standard InChI is InChI=1S/C13H20F3N5O2S.ClH/c14-13(15,16)10-20-9-12(7-18-20)24(22,23)21-4-1-11(8-21)19-5-2-17-3-6-19;/h7,9,11,17H,1-6,8,10H2;1H. The fraction of sp³-hybridized carbons (Fsp3) is 0.769. The molecule has 1 N–H and O–H groups in total. The van der Waals surface area contributed by atoms with E-state index in [9.17, 15) is 21.6 Å². The van der Waals surface area contributed by atoms with E-state index in [4.69, 9.17) is 0 Å². The molecule has 0 amide bonds. The van der Waals surface area contributed by atoms with Crippen LogP contribution in [0.3, 0.4) is 0 Å². The van der Waals surface area contributed by atoms with E-state index >= 15 is 0 Å². The van der Waals surface area contributed by atoms with Gasteiger partial charge in [0.2, 0.25) is 10.0 Å². The molecule has 2 aliphatic rings. The predicted octanol–water partition coefficient (Wildman–Crippen LogP) is 0.535. The Morgan fingerprint density at radius 3 is 2.56 bits per heavy atom. The van der Waals surface area contributed by atoms with E-state index in [2.05, 4.69) is 15.3 Å². The summed E-state index contributed by atoms with van der Waals surface area (Å²) in [5.41, 5.74) is 0. The van der Waals surface area contributed by atoms with Crippen LogP contribution in [0.5, 0.6) is 0 Å². The molecule has 12 heteroatoms. The lowest BCUT2D eigenvalue weighted by Gasteiger charge is -2.32. The Bertz CT molecular complexity index is 675. The van der Waals surface area contributed by atoms with Gasteiger partial charge in [-0.15, -0.1) is 12.4 Å². The van der Waals surface area contributed by atoms with Crippen LogP contribution in [0.1, 0.15) is 6.42 Å². The summed E-state index contributed by atoms with van der Waals surface area (Å²) in [6.07, 6.45) is -1.77. The van der Waals surface area contributed by atoms with E-state index in [1.165, 1.54) is 4.31 Å². The summed E-state index contributed by atoms with van der Waals surface area (Å²) in [6, 6.07) is 0.159. The molecule has 2 saturated heterocycles. The zero-order chi connectivity index (χ0) is 17.4. The Morgan fingerprint density at radius 1 is 1.24 bits per heavy atom. The monoisotopic (exact) mass is 403 g/mol. The molecule has 1 aromatic rings. The van der Waals surface area contributed by atoms with Gasteiger partial charge in [-0.05, 0) is 6.42 Å². The average molecular weight is 404 g/mol. The van der Waals surface area contributed by atoms with Crippen LogP contribution in [0, 0.1) is 0 Å². The first kappa shape index (κ1) is 20.4. The summed E-state index contributed by atoms with van der Waals surface area (Å²) in [4.78, 5) is 2.08. The molecule has 1 unspecified atom stereocenters. The Balaban J connectivity index is 0.00000225. The van der Waals surface area contributed by atoms with Crippen LogP contribution in [0.4, 0.5) is 13.2 Å². The summed E-state index contributed by atoms with van der Waals surface area (Å²) >= 11 is 0. The third kappa shape index (κ3) is 4.85. The molecule has 0 aromatic carbocycles. The van der Waals surface area contributed by atoms with Crippen molar-refractivity contribution in [2.75, 3.05) is 39.3 Å².